The predicted octanol–water partition coefficient (Wildman–Crippen LogP) is 4.29. The van der Waals surface area contributed by atoms with E-state index in [0.717, 1.165) is 12.0 Å². The molecule has 4 N–H and O–H groups in total. The first-order chi connectivity index (χ1) is 12.1. The van der Waals surface area contributed by atoms with Gasteiger partial charge in [0.1, 0.15) is 0 Å². The lowest BCUT2D eigenvalue weighted by Gasteiger charge is -2.00. The highest BCUT2D eigenvalue weighted by atomic mass is 16.4. The van der Waals surface area contributed by atoms with E-state index in [2.05, 4.69) is 53.8 Å². The van der Waals surface area contributed by atoms with Gasteiger partial charge >= 0.3 is 6.09 Å². The molecule has 0 aliphatic heterocycles. The number of benzene rings is 3. The molecule has 126 valence electrons. The minimum absolute atomic E-state index is 0.315. The molecule has 0 radical (unpaired) electrons. The Morgan fingerprint density at radius 2 is 1.40 bits per heavy atom. The third kappa shape index (κ3) is 4.18. The lowest BCUT2D eigenvalue weighted by atomic mass is 10.1. The minimum atomic E-state index is -1.02. The maximum atomic E-state index is 10.1. The van der Waals surface area contributed by atoms with Crippen molar-refractivity contribution in [2.24, 2.45) is 0 Å². The predicted molar refractivity (Wildman–Crippen MR) is 100 cm³/mol. The van der Waals surface area contributed by atoms with Crippen LogP contribution < -0.4 is 11.1 Å². The number of amides is 1. The summed E-state index contributed by atoms with van der Waals surface area (Å²) >= 11 is 0. The second kappa shape index (κ2) is 7.53. The molecule has 4 nitrogen and oxygen atoms in total. The average Bonchev–Trinajstić information content (AvgIpc) is 3.00. The van der Waals surface area contributed by atoms with Crippen LogP contribution in [0.3, 0.4) is 0 Å². The summed E-state index contributed by atoms with van der Waals surface area (Å²) in [6.07, 6.45) is 0.0821. The van der Waals surface area contributed by atoms with Crippen molar-refractivity contribution in [3.05, 3.63) is 89.5 Å². The molecule has 1 amide bonds. The second-order valence-corrected chi connectivity index (χ2v) is 5.89. The van der Waals surface area contributed by atoms with Gasteiger partial charge in [-0.2, -0.15) is 0 Å². The fraction of sp³-hybridized carbons (Fsp3) is 0.0952. The standard InChI is InChI=1S/C13H10.C8H10N2O2/c1-3-7-12-10(5-1)9-11-6-2-4-8-13(11)12;9-7-3-1-6(2-4-7)5-10-8(11)12/h1-8H,9H2;1-4,10H,5,9H2,(H,11,12). The van der Waals surface area contributed by atoms with E-state index in [1.807, 2.05) is 0 Å². The zero-order valence-electron chi connectivity index (χ0n) is 13.8. The van der Waals surface area contributed by atoms with Gasteiger partial charge in [0, 0.05) is 12.2 Å². The summed E-state index contributed by atoms with van der Waals surface area (Å²) < 4.78 is 0. The largest absolute Gasteiger partial charge is 0.465 e. The third-order valence-corrected chi connectivity index (χ3v) is 4.13. The molecule has 1 aliphatic carbocycles. The van der Waals surface area contributed by atoms with Crippen molar-refractivity contribution < 1.29 is 9.90 Å². The van der Waals surface area contributed by atoms with Crippen LogP contribution in [-0.2, 0) is 13.0 Å². The van der Waals surface area contributed by atoms with Crippen molar-refractivity contribution in [1.29, 1.82) is 0 Å². The lowest BCUT2D eigenvalue weighted by Crippen LogP contribution is -2.19. The van der Waals surface area contributed by atoms with Crippen molar-refractivity contribution in [2.45, 2.75) is 13.0 Å². The van der Waals surface area contributed by atoms with Crippen molar-refractivity contribution >= 4 is 11.8 Å². The van der Waals surface area contributed by atoms with E-state index in [1.54, 1.807) is 24.3 Å². The van der Waals surface area contributed by atoms with Crippen molar-refractivity contribution in [2.75, 3.05) is 5.73 Å². The molecule has 1 aliphatic rings. The fourth-order valence-electron chi connectivity index (χ4n) is 2.89. The minimum Gasteiger partial charge on any atom is -0.465 e. The molecule has 0 heterocycles. The maximum absolute atomic E-state index is 10.1. The molecule has 0 atom stereocenters. The van der Waals surface area contributed by atoms with E-state index >= 15 is 0 Å². The van der Waals surface area contributed by atoms with Gasteiger partial charge in [-0.25, -0.2) is 4.79 Å². The summed E-state index contributed by atoms with van der Waals surface area (Å²) in [6, 6.07) is 24.3. The molecule has 4 rings (SSSR count). The number of carbonyl (C=O) groups is 1. The smallest absolute Gasteiger partial charge is 0.404 e. The van der Waals surface area contributed by atoms with Crippen LogP contribution in [0.1, 0.15) is 16.7 Å². The Balaban J connectivity index is 0.000000147. The zero-order valence-corrected chi connectivity index (χ0v) is 13.8. The Labute approximate surface area is 146 Å². The Morgan fingerprint density at radius 1 is 0.880 bits per heavy atom. The van der Waals surface area contributed by atoms with E-state index in [-0.39, 0.29) is 0 Å². The highest BCUT2D eigenvalue weighted by Gasteiger charge is 2.15. The number of hydrogen-bond acceptors (Lipinski definition) is 2. The SMILES string of the molecule is Nc1ccc(CNC(=O)O)cc1.c1ccc2c(c1)Cc1ccccc1-2. The molecule has 4 heteroatoms. The highest BCUT2D eigenvalue weighted by Crippen LogP contribution is 2.35. The first-order valence-corrected chi connectivity index (χ1v) is 8.11. The van der Waals surface area contributed by atoms with E-state index in [9.17, 15) is 4.79 Å². The van der Waals surface area contributed by atoms with Gasteiger partial charge in [-0.3, -0.25) is 0 Å². The molecule has 0 aromatic heterocycles. The van der Waals surface area contributed by atoms with Gasteiger partial charge in [0.05, 0.1) is 0 Å². The molecule has 0 fully saturated rings. The van der Waals surface area contributed by atoms with Crippen LogP contribution in [-0.4, -0.2) is 11.2 Å². The molecule has 0 spiro atoms. The van der Waals surface area contributed by atoms with Crippen LogP contribution in [0.15, 0.2) is 72.8 Å². The van der Waals surface area contributed by atoms with Gasteiger partial charge in [0.25, 0.3) is 0 Å². The first kappa shape index (κ1) is 16.6. The summed E-state index contributed by atoms with van der Waals surface area (Å²) in [5, 5.41) is 10.6. The molecule has 3 aromatic rings. The lowest BCUT2D eigenvalue weighted by molar-refractivity contribution is 0.194. The number of fused-ring (bicyclic) bond motifs is 3. The number of carboxylic acid groups (broad SMARTS) is 1. The van der Waals surface area contributed by atoms with Crippen LogP contribution in [0, 0.1) is 0 Å². The van der Waals surface area contributed by atoms with Crippen LogP contribution in [0.2, 0.25) is 0 Å². The zero-order chi connectivity index (χ0) is 17.6. The number of nitrogen functional groups attached to an aromatic ring is 1. The van der Waals surface area contributed by atoms with Gasteiger partial charge < -0.3 is 16.2 Å². The van der Waals surface area contributed by atoms with Crippen LogP contribution in [0.5, 0.6) is 0 Å². The normalized spacial score (nSPS) is 10.9. The molecule has 0 unspecified atom stereocenters. The van der Waals surface area contributed by atoms with E-state index in [4.69, 9.17) is 10.8 Å². The summed E-state index contributed by atoms with van der Waals surface area (Å²) in [5.41, 5.74) is 12.8. The summed E-state index contributed by atoms with van der Waals surface area (Å²) in [7, 11) is 0. The van der Waals surface area contributed by atoms with E-state index in [0.29, 0.717) is 12.2 Å². The van der Waals surface area contributed by atoms with Gasteiger partial charge in [-0.1, -0.05) is 60.7 Å². The Hall–Kier alpha value is -3.27. The van der Waals surface area contributed by atoms with Crippen LogP contribution in [0.4, 0.5) is 10.5 Å². The average molecular weight is 332 g/mol. The second-order valence-electron chi connectivity index (χ2n) is 5.89. The fourth-order valence-corrected chi connectivity index (χ4v) is 2.89. The van der Waals surface area contributed by atoms with E-state index in [1.165, 1.54) is 22.3 Å². The molecular weight excluding hydrogens is 312 g/mol. The monoisotopic (exact) mass is 332 g/mol. The number of nitrogens with one attached hydrogen (secondary N) is 1. The van der Waals surface area contributed by atoms with E-state index < -0.39 is 6.09 Å². The van der Waals surface area contributed by atoms with Crippen molar-refractivity contribution in [3.63, 3.8) is 0 Å². The Morgan fingerprint density at radius 3 is 1.92 bits per heavy atom. The maximum Gasteiger partial charge on any atom is 0.404 e. The number of rotatable bonds is 2. The van der Waals surface area contributed by atoms with Crippen molar-refractivity contribution in [3.8, 4) is 11.1 Å². The molecule has 3 aromatic carbocycles. The van der Waals surface area contributed by atoms with Crippen LogP contribution >= 0.6 is 0 Å². The number of nitrogens with two attached hydrogens (primary N) is 1. The third-order valence-electron chi connectivity index (χ3n) is 4.13. The van der Waals surface area contributed by atoms with Crippen molar-refractivity contribution in [1.82, 2.24) is 5.32 Å². The molecule has 0 saturated heterocycles. The molecule has 25 heavy (non-hydrogen) atoms. The molecule has 0 saturated carbocycles. The summed E-state index contributed by atoms with van der Waals surface area (Å²) in [6.45, 7) is 0.315. The van der Waals surface area contributed by atoms with Crippen LogP contribution in [0.25, 0.3) is 11.1 Å². The topological polar surface area (TPSA) is 75.3 Å². The quantitative estimate of drug-likeness (QED) is 0.479. The first-order valence-electron chi connectivity index (χ1n) is 8.11. The number of hydrogen-bond donors (Lipinski definition) is 3. The van der Waals surface area contributed by atoms with Gasteiger partial charge in [-0.05, 0) is 46.4 Å². The van der Waals surface area contributed by atoms with Gasteiger partial charge in [0.15, 0.2) is 0 Å². The highest BCUT2D eigenvalue weighted by molar-refractivity contribution is 5.76. The summed E-state index contributed by atoms with van der Waals surface area (Å²) in [4.78, 5) is 10.1. The van der Waals surface area contributed by atoms with Gasteiger partial charge in [0.2, 0.25) is 0 Å². The Bertz CT molecular complexity index is 830. The summed E-state index contributed by atoms with van der Waals surface area (Å²) in [5.74, 6) is 0. The van der Waals surface area contributed by atoms with Gasteiger partial charge in [-0.15, -0.1) is 0 Å². The molecular formula is C21H20N2O2. The Kier molecular flexibility index (Phi) is 5.00. The number of anilines is 1. The molecule has 0 bridgehead atoms.